The maximum atomic E-state index is 5.94. The first-order valence-corrected chi connectivity index (χ1v) is 7.46. The summed E-state index contributed by atoms with van der Waals surface area (Å²) in [5.74, 6) is 0. The molecule has 2 heterocycles. The summed E-state index contributed by atoms with van der Waals surface area (Å²) < 4.78 is 6.91. The molecule has 17 heavy (non-hydrogen) atoms. The molecule has 0 amide bonds. The minimum Gasteiger partial charge on any atom is -0.373 e. The van der Waals surface area contributed by atoms with E-state index in [1.165, 1.54) is 8.66 Å². The van der Waals surface area contributed by atoms with Gasteiger partial charge in [-0.05, 0) is 41.9 Å². The summed E-state index contributed by atoms with van der Waals surface area (Å²) in [6, 6.07) is 4.57. The predicted molar refractivity (Wildman–Crippen MR) is 75.4 cm³/mol. The number of hydrogen-bond donors (Lipinski definition) is 1. The number of rotatable bonds is 3. The maximum absolute atomic E-state index is 5.94. The van der Waals surface area contributed by atoms with Gasteiger partial charge in [0.2, 0.25) is 0 Å². The van der Waals surface area contributed by atoms with Gasteiger partial charge in [0, 0.05) is 24.5 Å². The van der Waals surface area contributed by atoms with Crippen LogP contribution in [0.15, 0.2) is 15.9 Å². The average Bonchev–Trinajstić information content (AvgIpc) is 2.64. The van der Waals surface area contributed by atoms with E-state index >= 15 is 0 Å². The van der Waals surface area contributed by atoms with E-state index < -0.39 is 0 Å². The van der Waals surface area contributed by atoms with Crippen molar-refractivity contribution in [2.75, 3.05) is 26.2 Å². The number of nitrogens with two attached hydrogens (primary N) is 1. The molecule has 0 radical (unpaired) electrons. The van der Waals surface area contributed by atoms with E-state index in [2.05, 4.69) is 46.8 Å². The molecule has 0 aliphatic carbocycles. The Morgan fingerprint density at radius 1 is 1.59 bits per heavy atom. The summed E-state index contributed by atoms with van der Waals surface area (Å²) >= 11 is 5.28. The smallest absolute Gasteiger partial charge is 0.0753 e. The Kier molecular flexibility index (Phi) is 4.26. The fourth-order valence-electron chi connectivity index (χ4n) is 2.27. The van der Waals surface area contributed by atoms with Crippen LogP contribution in [0.3, 0.4) is 0 Å². The van der Waals surface area contributed by atoms with Crippen molar-refractivity contribution < 1.29 is 4.74 Å². The lowest BCUT2D eigenvalue weighted by Crippen LogP contribution is -2.50. The number of thiophene rings is 1. The minimum absolute atomic E-state index is 0.0693. The molecule has 2 N–H and O–H groups in total. The Labute approximate surface area is 115 Å². The topological polar surface area (TPSA) is 38.5 Å². The lowest BCUT2D eigenvalue weighted by Gasteiger charge is -2.41. The minimum atomic E-state index is -0.0693. The first-order chi connectivity index (χ1) is 8.02. The van der Waals surface area contributed by atoms with Crippen LogP contribution in [-0.4, -0.2) is 36.7 Å². The zero-order valence-electron chi connectivity index (χ0n) is 10.3. The monoisotopic (exact) mass is 318 g/mol. The Balaban J connectivity index is 2.13. The van der Waals surface area contributed by atoms with Gasteiger partial charge in [0.25, 0.3) is 0 Å². The number of halogens is 1. The molecule has 0 spiro atoms. The Bertz CT molecular complexity index is 380. The molecule has 1 aromatic heterocycles. The standard InChI is InChI=1S/C12H19BrN2OS/c1-12(2)8-15(5-6-16-12)9(7-14)10-3-4-11(13)17-10/h3-4,9H,5-8,14H2,1-2H3. The van der Waals surface area contributed by atoms with Gasteiger partial charge in [-0.2, -0.15) is 0 Å². The van der Waals surface area contributed by atoms with Gasteiger partial charge in [-0.25, -0.2) is 0 Å². The lowest BCUT2D eigenvalue weighted by atomic mass is 10.0. The molecule has 1 fully saturated rings. The molecule has 0 saturated carbocycles. The van der Waals surface area contributed by atoms with Crippen molar-refractivity contribution in [3.05, 3.63) is 20.8 Å². The SMILES string of the molecule is CC1(C)CN(C(CN)c2ccc(Br)s2)CCO1. The summed E-state index contributed by atoms with van der Waals surface area (Å²) in [6.45, 7) is 7.61. The molecule has 3 nitrogen and oxygen atoms in total. The van der Waals surface area contributed by atoms with Crippen LogP contribution >= 0.6 is 27.3 Å². The lowest BCUT2D eigenvalue weighted by molar-refractivity contribution is -0.0964. The van der Waals surface area contributed by atoms with Crippen LogP contribution < -0.4 is 5.73 Å². The van der Waals surface area contributed by atoms with Crippen LogP contribution in [0.4, 0.5) is 0 Å². The van der Waals surface area contributed by atoms with Crippen molar-refractivity contribution in [1.29, 1.82) is 0 Å². The predicted octanol–water partition coefficient (Wildman–Crippen LogP) is 2.62. The van der Waals surface area contributed by atoms with Gasteiger partial charge in [-0.15, -0.1) is 11.3 Å². The third-order valence-corrected chi connectivity index (χ3v) is 4.77. The molecule has 1 aromatic rings. The third-order valence-electron chi connectivity index (χ3n) is 3.04. The zero-order chi connectivity index (χ0) is 12.5. The highest BCUT2D eigenvalue weighted by Gasteiger charge is 2.31. The van der Waals surface area contributed by atoms with E-state index in [1.807, 2.05) is 0 Å². The Morgan fingerprint density at radius 2 is 2.35 bits per heavy atom. The molecular weight excluding hydrogens is 300 g/mol. The molecular formula is C12H19BrN2OS. The van der Waals surface area contributed by atoms with Crippen LogP contribution in [0.5, 0.6) is 0 Å². The van der Waals surface area contributed by atoms with Crippen LogP contribution in [0.25, 0.3) is 0 Å². The normalized spacial score (nSPS) is 22.6. The molecule has 1 aliphatic heterocycles. The van der Waals surface area contributed by atoms with Gasteiger partial charge in [-0.3, -0.25) is 4.90 Å². The van der Waals surface area contributed by atoms with Gasteiger partial charge in [-0.1, -0.05) is 0 Å². The fraction of sp³-hybridized carbons (Fsp3) is 0.667. The second-order valence-electron chi connectivity index (χ2n) is 4.97. The van der Waals surface area contributed by atoms with Crippen LogP contribution in [0.1, 0.15) is 24.8 Å². The highest BCUT2D eigenvalue weighted by Crippen LogP contribution is 2.32. The number of hydrogen-bond acceptors (Lipinski definition) is 4. The molecule has 0 aromatic carbocycles. The second-order valence-corrected chi connectivity index (χ2v) is 7.47. The molecule has 5 heteroatoms. The molecule has 96 valence electrons. The van der Waals surface area contributed by atoms with Crippen molar-refractivity contribution >= 4 is 27.3 Å². The van der Waals surface area contributed by atoms with E-state index in [0.717, 1.165) is 19.7 Å². The molecule has 1 atom stereocenters. The van der Waals surface area contributed by atoms with Gasteiger partial charge in [0.15, 0.2) is 0 Å². The number of morpholine rings is 1. The zero-order valence-corrected chi connectivity index (χ0v) is 12.7. The van der Waals surface area contributed by atoms with Crippen molar-refractivity contribution in [2.45, 2.75) is 25.5 Å². The van der Waals surface area contributed by atoms with Crippen LogP contribution in [-0.2, 0) is 4.74 Å². The second kappa shape index (κ2) is 5.36. The van der Waals surface area contributed by atoms with Crippen LogP contribution in [0, 0.1) is 0 Å². The van der Waals surface area contributed by atoms with E-state index in [-0.39, 0.29) is 5.60 Å². The molecule has 1 saturated heterocycles. The van der Waals surface area contributed by atoms with Crippen molar-refractivity contribution in [2.24, 2.45) is 5.73 Å². The summed E-state index contributed by atoms with van der Waals surface area (Å²) in [5, 5.41) is 0. The van der Waals surface area contributed by atoms with E-state index in [0.29, 0.717) is 12.6 Å². The third kappa shape index (κ3) is 3.29. The average molecular weight is 319 g/mol. The molecule has 2 rings (SSSR count). The molecule has 1 unspecified atom stereocenters. The summed E-state index contributed by atoms with van der Waals surface area (Å²) in [7, 11) is 0. The Morgan fingerprint density at radius 3 is 2.88 bits per heavy atom. The molecule has 1 aliphatic rings. The quantitative estimate of drug-likeness (QED) is 0.931. The summed E-state index contributed by atoms with van der Waals surface area (Å²) in [6.07, 6.45) is 0. The highest BCUT2D eigenvalue weighted by atomic mass is 79.9. The van der Waals surface area contributed by atoms with Crippen molar-refractivity contribution in [3.8, 4) is 0 Å². The van der Waals surface area contributed by atoms with Gasteiger partial charge < -0.3 is 10.5 Å². The van der Waals surface area contributed by atoms with E-state index in [9.17, 15) is 0 Å². The van der Waals surface area contributed by atoms with Gasteiger partial charge in [0.05, 0.1) is 22.0 Å². The molecule has 0 bridgehead atoms. The highest BCUT2D eigenvalue weighted by molar-refractivity contribution is 9.11. The first-order valence-electron chi connectivity index (χ1n) is 5.85. The van der Waals surface area contributed by atoms with Gasteiger partial charge in [0.1, 0.15) is 0 Å². The number of nitrogens with zero attached hydrogens (tertiary/aromatic N) is 1. The maximum Gasteiger partial charge on any atom is 0.0753 e. The summed E-state index contributed by atoms with van der Waals surface area (Å²) in [4.78, 5) is 3.76. The van der Waals surface area contributed by atoms with Crippen molar-refractivity contribution in [3.63, 3.8) is 0 Å². The fourth-order valence-corrected chi connectivity index (χ4v) is 3.84. The Hall–Kier alpha value is 0.0600. The first kappa shape index (κ1) is 13.5. The van der Waals surface area contributed by atoms with Crippen LogP contribution in [0.2, 0.25) is 0 Å². The van der Waals surface area contributed by atoms with E-state index in [1.54, 1.807) is 11.3 Å². The summed E-state index contributed by atoms with van der Waals surface area (Å²) in [5.41, 5.74) is 5.87. The van der Waals surface area contributed by atoms with Crippen molar-refractivity contribution in [1.82, 2.24) is 4.90 Å². The van der Waals surface area contributed by atoms with Gasteiger partial charge >= 0.3 is 0 Å². The largest absolute Gasteiger partial charge is 0.373 e. The van der Waals surface area contributed by atoms with E-state index in [4.69, 9.17) is 10.5 Å². The number of ether oxygens (including phenoxy) is 1.